The molecule has 0 spiro atoms. The van der Waals surface area contributed by atoms with E-state index in [0.29, 0.717) is 0 Å². The molecule has 1 aliphatic rings. The highest BCUT2D eigenvalue weighted by molar-refractivity contribution is 7.14. The van der Waals surface area contributed by atoms with Gasteiger partial charge in [0.25, 0.3) is 0 Å². The first kappa shape index (κ1) is 16.0. The van der Waals surface area contributed by atoms with Gasteiger partial charge in [0, 0.05) is 35.6 Å². The van der Waals surface area contributed by atoms with Gasteiger partial charge in [-0.15, -0.1) is 11.3 Å². The van der Waals surface area contributed by atoms with E-state index in [1.165, 1.54) is 19.3 Å². The molecule has 0 aliphatic carbocycles. The number of rotatable bonds is 4. The van der Waals surface area contributed by atoms with Gasteiger partial charge in [-0.2, -0.15) is 0 Å². The van der Waals surface area contributed by atoms with E-state index in [-0.39, 0.29) is 11.8 Å². The van der Waals surface area contributed by atoms with Crippen LogP contribution in [0.5, 0.6) is 0 Å². The Labute approximate surface area is 141 Å². The molecule has 23 heavy (non-hydrogen) atoms. The lowest BCUT2D eigenvalue weighted by Crippen LogP contribution is -2.29. The molecular weight excluding hydrogens is 306 g/mol. The van der Waals surface area contributed by atoms with Gasteiger partial charge in [-0.1, -0.05) is 26.0 Å². The molecule has 2 heterocycles. The summed E-state index contributed by atoms with van der Waals surface area (Å²) in [5.41, 5.74) is 2.93. The smallest absolute Gasteiger partial charge is 0.226 e. The van der Waals surface area contributed by atoms with E-state index in [2.05, 4.69) is 15.6 Å². The van der Waals surface area contributed by atoms with Gasteiger partial charge in [-0.25, -0.2) is 4.98 Å². The minimum Gasteiger partial charge on any atom is -0.348 e. The van der Waals surface area contributed by atoms with Crippen LogP contribution in [0.1, 0.15) is 33.1 Å². The summed E-state index contributed by atoms with van der Waals surface area (Å²) in [5, 5.41) is 6.15. The molecule has 1 aliphatic heterocycles. The van der Waals surface area contributed by atoms with Crippen molar-refractivity contribution in [3.63, 3.8) is 0 Å². The van der Waals surface area contributed by atoms with Crippen LogP contribution in [-0.2, 0) is 4.79 Å². The summed E-state index contributed by atoms with van der Waals surface area (Å²) in [4.78, 5) is 18.9. The van der Waals surface area contributed by atoms with Gasteiger partial charge in [0.05, 0.1) is 5.69 Å². The van der Waals surface area contributed by atoms with E-state index in [4.69, 9.17) is 4.98 Å². The normalized spacial score (nSPS) is 15.0. The monoisotopic (exact) mass is 329 g/mol. The van der Waals surface area contributed by atoms with Crippen molar-refractivity contribution in [3.8, 4) is 11.3 Å². The number of nitrogens with one attached hydrogen (secondary N) is 1. The number of nitrogens with zero attached hydrogens (tertiary/aromatic N) is 2. The first-order valence-electron chi connectivity index (χ1n) is 8.25. The number of piperidine rings is 1. The molecule has 0 atom stereocenters. The molecule has 0 bridgehead atoms. The average molecular weight is 329 g/mol. The Balaban J connectivity index is 1.70. The Kier molecular flexibility index (Phi) is 4.96. The van der Waals surface area contributed by atoms with Crippen LogP contribution in [0.15, 0.2) is 29.6 Å². The number of thiazole rings is 1. The van der Waals surface area contributed by atoms with Crippen LogP contribution in [-0.4, -0.2) is 24.0 Å². The van der Waals surface area contributed by atoms with Crippen molar-refractivity contribution < 1.29 is 4.79 Å². The molecule has 1 N–H and O–H groups in total. The molecule has 3 rings (SSSR count). The number of aromatic nitrogens is 1. The molecule has 2 aromatic rings. The van der Waals surface area contributed by atoms with E-state index in [9.17, 15) is 4.79 Å². The maximum Gasteiger partial charge on any atom is 0.226 e. The van der Waals surface area contributed by atoms with Gasteiger partial charge in [-0.3, -0.25) is 4.79 Å². The summed E-state index contributed by atoms with van der Waals surface area (Å²) in [6, 6.07) is 7.92. The summed E-state index contributed by atoms with van der Waals surface area (Å²) < 4.78 is 0. The van der Waals surface area contributed by atoms with E-state index in [0.717, 1.165) is 35.2 Å². The molecular formula is C18H23N3OS. The quantitative estimate of drug-likeness (QED) is 0.904. The number of hydrogen-bond donors (Lipinski definition) is 1. The number of carbonyl (C=O) groups is 1. The number of benzene rings is 1. The highest BCUT2D eigenvalue weighted by Gasteiger charge is 2.15. The first-order valence-corrected chi connectivity index (χ1v) is 9.13. The number of hydrogen-bond acceptors (Lipinski definition) is 4. The molecule has 0 radical (unpaired) electrons. The van der Waals surface area contributed by atoms with Gasteiger partial charge in [0.15, 0.2) is 5.13 Å². The zero-order valence-corrected chi connectivity index (χ0v) is 14.5. The van der Waals surface area contributed by atoms with Crippen LogP contribution in [0.25, 0.3) is 11.3 Å². The van der Waals surface area contributed by atoms with Crippen molar-refractivity contribution in [3.05, 3.63) is 29.6 Å². The second-order valence-corrected chi connectivity index (χ2v) is 7.12. The summed E-state index contributed by atoms with van der Waals surface area (Å²) in [6.45, 7) is 6.02. The van der Waals surface area contributed by atoms with E-state index in [1.807, 2.05) is 38.1 Å². The van der Waals surface area contributed by atoms with Crippen LogP contribution >= 0.6 is 11.3 Å². The zero-order chi connectivity index (χ0) is 16.2. The lowest BCUT2D eigenvalue weighted by molar-refractivity contribution is -0.118. The summed E-state index contributed by atoms with van der Waals surface area (Å²) in [7, 11) is 0. The lowest BCUT2D eigenvalue weighted by Gasteiger charge is -2.25. The Morgan fingerprint density at radius 1 is 1.17 bits per heavy atom. The lowest BCUT2D eigenvalue weighted by atomic mass is 10.1. The molecule has 122 valence electrons. The largest absolute Gasteiger partial charge is 0.348 e. The maximum absolute atomic E-state index is 11.7. The highest BCUT2D eigenvalue weighted by atomic mass is 32.1. The molecule has 1 fully saturated rings. The van der Waals surface area contributed by atoms with Gasteiger partial charge in [-0.05, 0) is 31.4 Å². The average Bonchev–Trinajstić information content (AvgIpc) is 3.06. The third-order valence-electron chi connectivity index (χ3n) is 4.09. The van der Waals surface area contributed by atoms with E-state index < -0.39 is 0 Å². The second kappa shape index (κ2) is 7.13. The standard InChI is InChI=1S/C18H23N3OS/c1-13(2)17(22)19-15-8-6-14(7-9-15)16-12-23-18(20-16)21-10-4-3-5-11-21/h6-9,12-13H,3-5,10-11H2,1-2H3,(H,19,22). The van der Waals surface area contributed by atoms with Gasteiger partial charge in [0.2, 0.25) is 5.91 Å². The Hall–Kier alpha value is -1.88. The third kappa shape index (κ3) is 3.91. The fourth-order valence-electron chi connectivity index (χ4n) is 2.64. The van der Waals surface area contributed by atoms with Crippen LogP contribution in [0, 0.1) is 5.92 Å². The highest BCUT2D eigenvalue weighted by Crippen LogP contribution is 2.29. The fourth-order valence-corrected chi connectivity index (χ4v) is 3.53. The van der Waals surface area contributed by atoms with Gasteiger partial charge < -0.3 is 10.2 Å². The zero-order valence-electron chi connectivity index (χ0n) is 13.7. The van der Waals surface area contributed by atoms with Crippen molar-refractivity contribution in [2.45, 2.75) is 33.1 Å². The second-order valence-electron chi connectivity index (χ2n) is 6.28. The molecule has 0 saturated carbocycles. The Bertz CT molecular complexity index is 657. The molecule has 5 heteroatoms. The van der Waals surface area contributed by atoms with Crippen molar-refractivity contribution >= 4 is 28.1 Å². The van der Waals surface area contributed by atoms with Crippen LogP contribution < -0.4 is 10.2 Å². The first-order chi connectivity index (χ1) is 11.1. The number of carbonyl (C=O) groups excluding carboxylic acids is 1. The van der Waals surface area contributed by atoms with Crippen molar-refractivity contribution in [2.24, 2.45) is 5.92 Å². The van der Waals surface area contributed by atoms with Gasteiger partial charge >= 0.3 is 0 Å². The Morgan fingerprint density at radius 3 is 2.52 bits per heavy atom. The SMILES string of the molecule is CC(C)C(=O)Nc1ccc(-c2csc(N3CCCCC3)n2)cc1. The fraction of sp³-hybridized carbons (Fsp3) is 0.444. The topological polar surface area (TPSA) is 45.2 Å². The van der Waals surface area contributed by atoms with Crippen molar-refractivity contribution in [1.29, 1.82) is 0 Å². The van der Waals surface area contributed by atoms with Crippen molar-refractivity contribution in [2.75, 3.05) is 23.3 Å². The maximum atomic E-state index is 11.7. The Morgan fingerprint density at radius 2 is 1.87 bits per heavy atom. The molecule has 4 nitrogen and oxygen atoms in total. The minimum absolute atomic E-state index is 0.0136. The predicted molar refractivity (Wildman–Crippen MR) is 97.1 cm³/mol. The molecule has 1 amide bonds. The van der Waals surface area contributed by atoms with Crippen molar-refractivity contribution in [1.82, 2.24) is 4.98 Å². The molecule has 1 aromatic carbocycles. The van der Waals surface area contributed by atoms with Crippen LogP contribution in [0.2, 0.25) is 0 Å². The number of anilines is 2. The van der Waals surface area contributed by atoms with Gasteiger partial charge in [0.1, 0.15) is 0 Å². The van der Waals surface area contributed by atoms with E-state index in [1.54, 1.807) is 11.3 Å². The number of amides is 1. The molecule has 1 aromatic heterocycles. The molecule has 1 saturated heterocycles. The van der Waals surface area contributed by atoms with Crippen LogP contribution in [0.4, 0.5) is 10.8 Å². The molecule has 0 unspecified atom stereocenters. The predicted octanol–water partition coefficient (Wildman–Crippen LogP) is 4.39. The third-order valence-corrected chi connectivity index (χ3v) is 4.99. The van der Waals surface area contributed by atoms with Crippen LogP contribution in [0.3, 0.4) is 0 Å². The van der Waals surface area contributed by atoms with E-state index >= 15 is 0 Å². The summed E-state index contributed by atoms with van der Waals surface area (Å²) in [5.74, 6) is 0.0270. The summed E-state index contributed by atoms with van der Waals surface area (Å²) >= 11 is 1.71. The minimum atomic E-state index is -0.0136. The summed E-state index contributed by atoms with van der Waals surface area (Å²) in [6.07, 6.45) is 3.86.